The van der Waals surface area contributed by atoms with Crippen molar-refractivity contribution >= 4 is 5.91 Å². The van der Waals surface area contributed by atoms with Crippen LogP contribution in [0.15, 0.2) is 0 Å². The normalized spacial score (nSPS) is 12.9. The van der Waals surface area contributed by atoms with E-state index >= 15 is 0 Å². The molecule has 0 aromatic rings. The van der Waals surface area contributed by atoms with Crippen LogP contribution in [0.4, 0.5) is 0 Å². The van der Waals surface area contributed by atoms with Crippen molar-refractivity contribution < 1.29 is 9.90 Å². The fourth-order valence-corrected chi connectivity index (χ4v) is 1.64. The maximum atomic E-state index is 11.8. The quantitative estimate of drug-likeness (QED) is 0.611. The summed E-state index contributed by atoms with van der Waals surface area (Å²) in [5, 5.41) is 8.63. The van der Waals surface area contributed by atoms with Crippen molar-refractivity contribution in [1.82, 2.24) is 4.90 Å². The van der Waals surface area contributed by atoms with Gasteiger partial charge in [-0.2, -0.15) is 0 Å². The number of carbonyl (C=O) groups is 1. The number of hydrogen-bond acceptors (Lipinski definition) is 3. The van der Waals surface area contributed by atoms with Gasteiger partial charge < -0.3 is 15.7 Å². The molecule has 0 radical (unpaired) electrons. The first-order chi connectivity index (χ1) is 7.49. The Labute approximate surface area is 98.8 Å². The van der Waals surface area contributed by atoms with Gasteiger partial charge in [0, 0.05) is 20.2 Å². The van der Waals surface area contributed by atoms with Crippen LogP contribution in [0.25, 0.3) is 0 Å². The minimum Gasteiger partial charge on any atom is -0.396 e. The van der Waals surface area contributed by atoms with Crippen LogP contribution in [0.5, 0.6) is 0 Å². The molecule has 4 nitrogen and oxygen atoms in total. The summed E-state index contributed by atoms with van der Waals surface area (Å²) in [6.45, 7) is 5.08. The average molecular weight is 230 g/mol. The Bertz CT molecular complexity index is 195. The number of nitrogens with zero attached hydrogens (tertiary/aromatic N) is 1. The third-order valence-corrected chi connectivity index (χ3v) is 2.57. The van der Waals surface area contributed by atoms with Crippen LogP contribution in [0, 0.1) is 5.92 Å². The average Bonchev–Trinajstić information content (AvgIpc) is 2.22. The molecule has 0 rings (SSSR count). The van der Waals surface area contributed by atoms with E-state index in [0.717, 1.165) is 32.2 Å². The highest BCUT2D eigenvalue weighted by Crippen LogP contribution is 2.06. The largest absolute Gasteiger partial charge is 0.396 e. The summed E-state index contributed by atoms with van der Waals surface area (Å²) >= 11 is 0. The molecule has 96 valence electrons. The number of aliphatic hydroxyl groups excluding tert-OH is 1. The first-order valence-corrected chi connectivity index (χ1v) is 6.10. The van der Waals surface area contributed by atoms with E-state index in [-0.39, 0.29) is 18.6 Å². The van der Waals surface area contributed by atoms with Crippen molar-refractivity contribution in [2.75, 3.05) is 20.2 Å². The number of unbranched alkanes of at least 4 members (excludes halogenated alkanes) is 2. The van der Waals surface area contributed by atoms with Crippen LogP contribution in [0.1, 0.15) is 39.5 Å². The zero-order chi connectivity index (χ0) is 12.6. The molecule has 1 amide bonds. The molecule has 0 saturated carbocycles. The van der Waals surface area contributed by atoms with Crippen LogP contribution >= 0.6 is 0 Å². The maximum absolute atomic E-state index is 11.8. The molecule has 0 fully saturated rings. The Kier molecular flexibility index (Phi) is 8.21. The van der Waals surface area contributed by atoms with Crippen molar-refractivity contribution in [3.05, 3.63) is 0 Å². The van der Waals surface area contributed by atoms with Gasteiger partial charge in [-0.05, 0) is 31.6 Å². The number of likely N-dealkylation sites (N-methyl/N-ethyl adjacent to an activating group) is 1. The summed E-state index contributed by atoms with van der Waals surface area (Å²) in [6, 6.07) is -0.372. The van der Waals surface area contributed by atoms with Crippen molar-refractivity contribution in [3.63, 3.8) is 0 Å². The zero-order valence-corrected chi connectivity index (χ0v) is 10.8. The molecule has 0 aliphatic carbocycles. The number of amides is 1. The summed E-state index contributed by atoms with van der Waals surface area (Å²) in [6.07, 6.45) is 3.42. The van der Waals surface area contributed by atoms with Gasteiger partial charge >= 0.3 is 0 Å². The van der Waals surface area contributed by atoms with E-state index in [2.05, 4.69) is 13.8 Å². The molecular weight excluding hydrogens is 204 g/mol. The second-order valence-corrected chi connectivity index (χ2v) is 4.78. The smallest absolute Gasteiger partial charge is 0.239 e. The molecule has 0 aliphatic heterocycles. The van der Waals surface area contributed by atoms with Crippen LogP contribution in [-0.4, -0.2) is 42.2 Å². The molecule has 0 aliphatic rings. The van der Waals surface area contributed by atoms with Crippen LogP contribution in [0.2, 0.25) is 0 Å². The first kappa shape index (κ1) is 15.4. The number of carbonyl (C=O) groups excluding carboxylic acids is 1. The van der Waals surface area contributed by atoms with Crippen molar-refractivity contribution in [3.8, 4) is 0 Å². The molecular formula is C12H26N2O2. The summed E-state index contributed by atoms with van der Waals surface area (Å²) in [5.74, 6) is 0.472. The molecule has 0 aromatic heterocycles. The van der Waals surface area contributed by atoms with Gasteiger partial charge in [-0.25, -0.2) is 0 Å². The molecule has 16 heavy (non-hydrogen) atoms. The lowest BCUT2D eigenvalue weighted by atomic mass is 10.0. The monoisotopic (exact) mass is 230 g/mol. The van der Waals surface area contributed by atoms with Crippen molar-refractivity contribution in [2.45, 2.75) is 45.6 Å². The Hall–Kier alpha value is -0.610. The highest BCUT2D eigenvalue weighted by Gasteiger charge is 2.18. The predicted octanol–water partition coefficient (Wildman–Crippen LogP) is 0.981. The van der Waals surface area contributed by atoms with Crippen LogP contribution in [0.3, 0.4) is 0 Å². The lowest BCUT2D eigenvalue weighted by Crippen LogP contribution is -2.42. The second kappa shape index (κ2) is 8.53. The van der Waals surface area contributed by atoms with Gasteiger partial charge in [0.2, 0.25) is 5.91 Å². The van der Waals surface area contributed by atoms with Gasteiger partial charge in [-0.1, -0.05) is 13.8 Å². The molecule has 0 unspecified atom stereocenters. The van der Waals surface area contributed by atoms with E-state index in [1.165, 1.54) is 0 Å². The van der Waals surface area contributed by atoms with Gasteiger partial charge in [-0.3, -0.25) is 4.79 Å². The van der Waals surface area contributed by atoms with E-state index in [1.54, 1.807) is 11.9 Å². The van der Waals surface area contributed by atoms with Crippen LogP contribution in [-0.2, 0) is 4.79 Å². The molecule has 1 atom stereocenters. The van der Waals surface area contributed by atoms with E-state index in [4.69, 9.17) is 10.8 Å². The third-order valence-electron chi connectivity index (χ3n) is 2.57. The predicted molar refractivity (Wildman–Crippen MR) is 66.0 cm³/mol. The minimum absolute atomic E-state index is 0.0256. The Morgan fingerprint density at radius 3 is 2.44 bits per heavy atom. The maximum Gasteiger partial charge on any atom is 0.239 e. The van der Waals surface area contributed by atoms with E-state index in [1.807, 2.05) is 0 Å². The number of nitrogens with two attached hydrogens (primary N) is 1. The Morgan fingerprint density at radius 1 is 1.31 bits per heavy atom. The number of hydrogen-bond donors (Lipinski definition) is 2. The molecule has 4 heteroatoms. The Balaban J connectivity index is 3.79. The van der Waals surface area contributed by atoms with E-state index in [9.17, 15) is 4.79 Å². The molecule has 0 heterocycles. The topological polar surface area (TPSA) is 66.6 Å². The molecule has 0 bridgehead atoms. The first-order valence-electron chi connectivity index (χ1n) is 6.10. The fourth-order valence-electron chi connectivity index (χ4n) is 1.64. The summed E-state index contributed by atoms with van der Waals surface area (Å²) < 4.78 is 0. The van der Waals surface area contributed by atoms with E-state index < -0.39 is 0 Å². The minimum atomic E-state index is -0.372. The van der Waals surface area contributed by atoms with Gasteiger partial charge in [-0.15, -0.1) is 0 Å². The standard InChI is InChI=1S/C12H26N2O2/c1-10(2)9-11(13)12(16)14(3)7-5-4-6-8-15/h10-11,15H,4-9,13H2,1-3H3/t11-/m1/s1. The van der Waals surface area contributed by atoms with E-state index in [0.29, 0.717) is 5.92 Å². The summed E-state index contributed by atoms with van der Waals surface area (Å²) in [7, 11) is 1.79. The zero-order valence-electron chi connectivity index (χ0n) is 10.8. The van der Waals surface area contributed by atoms with Gasteiger partial charge in [0.25, 0.3) is 0 Å². The summed E-state index contributed by atoms with van der Waals surface area (Å²) in [4.78, 5) is 13.5. The SMILES string of the molecule is CC(C)C[C@@H](N)C(=O)N(C)CCCCCO. The molecule has 0 saturated heterocycles. The van der Waals surface area contributed by atoms with Crippen molar-refractivity contribution in [1.29, 1.82) is 0 Å². The highest BCUT2D eigenvalue weighted by molar-refractivity contribution is 5.81. The lowest BCUT2D eigenvalue weighted by Gasteiger charge is -2.22. The summed E-state index contributed by atoms with van der Waals surface area (Å²) in [5.41, 5.74) is 5.82. The second-order valence-electron chi connectivity index (χ2n) is 4.78. The van der Waals surface area contributed by atoms with Gasteiger partial charge in [0.05, 0.1) is 6.04 Å². The molecule has 3 N–H and O–H groups in total. The Morgan fingerprint density at radius 2 is 1.94 bits per heavy atom. The number of aliphatic hydroxyl groups is 1. The molecule has 0 spiro atoms. The highest BCUT2D eigenvalue weighted by atomic mass is 16.2. The lowest BCUT2D eigenvalue weighted by molar-refractivity contribution is -0.131. The van der Waals surface area contributed by atoms with Gasteiger partial charge in [0.15, 0.2) is 0 Å². The van der Waals surface area contributed by atoms with Crippen molar-refractivity contribution in [2.24, 2.45) is 11.7 Å². The van der Waals surface area contributed by atoms with Crippen LogP contribution < -0.4 is 5.73 Å². The third kappa shape index (κ3) is 6.80. The fraction of sp³-hybridized carbons (Fsp3) is 0.917. The number of rotatable bonds is 8. The van der Waals surface area contributed by atoms with Gasteiger partial charge in [0.1, 0.15) is 0 Å². The molecule has 0 aromatic carbocycles.